The first-order valence-electron chi connectivity index (χ1n) is 5.12. The van der Waals surface area contributed by atoms with Crippen molar-refractivity contribution < 1.29 is 18.9 Å². The summed E-state index contributed by atoms with van der Waals surface area (Å²) in [5.41, 5.74) is 0. The minimum absolute atomic E-state index is 0.159. The average Bonchev–Trinajstić information content (AvgIpc) is 2.63. The van der Waals surface area contributed by atoms with Crippen LogP contribution < -0.4 is 0 Å². The van der Waals surface area contributed by atoms with Gasteiger partial charge in [-0.15, -0.1) is 6.42 Å². The first kappa shape index (κ1) is 14.7. The SMILES string of the molecule is C#CCO[C@H]1[C@@H](OC)O[C@@H](C)[C@@H]1OC(=S)SC. The van der Waals surface area contributed by atoms with Gasteiger partial charge in [0.2, 0.25) is 4.38 Å². The van der Waals surface area contributed by atoms with Gasteiger partial charge in [0.25, 0.3) is 0 Å². The lowest BCUT2D eigenvalue weighted by Crippen LogP contribution is -2.38. The standard InChI is InChI=1S/C11H16O4S2/c1-5-6-13-9-8(15-11(16)17-4)7(2)14-10(9)12-3/h1,7-10H,6H2,2-4H3/t7-,8-,9+,10-/m0/s1. The fourth-order valence-electron chi connectivity index (χ4n) is 1.62. The molecule has 0 spiro atoms. The van der Waals surface area contributed by atoms with E-state index in [2.05, 4.69) is 5.92 Å². The number of thiocarbonyl (C=S) groups is 1. The predicted molar refractivity (Wildman–Crippen MR) is 70.9 cm³/mol. The summed E-state index contributed by atoms with van der Waals surface area (Å²) in [5, 5.41) is 0. The molecular formula is C11H16O4S2. The Kier molecular flexibility index (Phi) is 6.23. The molecular weight excluding hydrogens is 260 g/mol. The van der Waals surface area contributed by atoms with Gasteiger partial charge in [-0.2, -0.15) is 0 Å². The van der Waals surface area contributed by atoms with Gasteiger partial charge in [-0.25, -0.2) is 0 Å². The molecule has 0 aromatic heterocycles. The summed E-state index contributed by atoms with van der Waals surface area (Å²) in [6.07, 6.45) is 5.73. The van der Waals surface area contributed by atoms with E-state index in [1.807, 2.05) is 13.2 Å². The van der Waals surface area contributed by atoms with Crippen molar-refractivity contribution in [3.63, 3.8) is 0 Å². The maximum atomic E-state index is 5.61. The Morgan fingerprint density at radius 1 is 1.53 bits per heavy atom. The highest BCUT2D eigenvalue weighted by Gasteiger charge is 2.45. The summed E-state index contributed by atoms with van der Waals surface area (Å²) in [6.45, 7) is 2.07. The van der Waals surface area contributed by atoms with Crippen LogP contribution in [0.25, 0.3) is 0 Å². The molecule has 6 heteroatoms. The fraction of sp³-hybridized carbons (Fsp3) is 0.727. The largest absolute Gasteiger partial charge is 0.470 e. The van der Waals surface area contributed by atoms with Gasteiger partial charge in [0.1, 0.15) is 12.7 Å². The zero-order valence-electron chi connectivity index (χ0n) is 10.0. The number of hydrogen-bond acceptors (Lipinski definition) is 6. The molecule has 4 nitrogen and oxygen atoms in total. The summed E-state index contributed by atoms with van der Waals surface area (Å²) in [7, 11) is 1.55. The maximum Gasteiger partial charge on any atom is 0.220 e. The molecule has 1 fully saturated rings. The summed E-state index contributed by atoms with van der Waals surface area (Å²) < 4.78 is 22.3. The Labute approximate surface area is 111 Å². The van der Waals surface area contributed by atoms with Crippen LogP contribution in [-0.2, 0) is 18.9 Å². The van der Waals surface area contributed by atoms with Crippen LogP contribution in [0.15, 0.2) is 0 Å². The molecule has 96 valence electrons. The van der Waals surface area contributed by atoms with Gasteiger partial charge in [-0.3, -0.25) is 0 Å². The van der Waals surface area contributed by atoms with Crippen LogP contribution in [0.2, 0.25) is 0 Å². The quantitative estimate of drug-likeness (QED) is 0.571. The number of thioether (sulfide) groups is 1. The molecule has 1 aliphatic rings. The first-order chi connectivity index (χ1) is 8.13. The van der Waals surface area contributed by atoms with Crippen LogP contribution in [-0.4, -0.2) is 49.0 Å². The molecule has 17 heavy (non-hydrogen) atoms. The summed E-state index contributed by atoms with van der Waals surface area (Å²) >= 11 is 6.40. The fourth-order valence-corrected chi connectivity index (χ4v) is 1.94. The molecule has 0 bridgehead atoms. The van der Waals surface area contributed by atoms with E-state index >= 15 is 0 Å². The van der Waals surface area contributed by atoms with Crippen LogP contribution in [0.1, 0.15) is 6.92 Å². The first-order valence-corrected chi connectivity index (χ1v) is 6.75. The lowest BCUT2D eigenvalue weighted by atomic mass is 10.1. The third-order valence-corrected chi connectivity index (χ3v) is 3.42. The highest BCUT2D eigenvalue weighted by molar-refractivity contribution is 8.22. The smallest absolute Gasteiger partial charge is 0.220 e. The molecule has 1 heterocycles. The average molecular weight is 276 g/mol. The van der Waals surface area contributed by atoms with E-state index in [1.54, 1.807) is 7.11 Å². The zero-order valence-corrected chi connectivity index (χ0v) is 11.7. The molecule has 0 unspecified atom stereocenters. The molecule has 4 atom stereocenters. The van der Waals surface area contributed by atoms with Crippen LogP contribution >= 0.6 is 24.0 Å². The van der Waals surface area contributed by atoms with Gasteiger partial charge in [-0.05, 0) is 25.4 Å². The van der Waals surface area contributed by atoms with Crippen LogP contribution in [0, 0.1) is 12.3 Å². The molecule has 0 aromatic carbocycles. The predicted octanol–water partition coefficient (Wildman–Crippen LogP) is 1.43. The molecule has 1 rings (SSSR count). The van der Waals surface area contributed by atoms with Gasteiger partial charge < -0.3 is 18.9 Å². The van der Waals surface area contributed by atoms with E-state index in [0.29, 0.717) is 4.38 Å². The second-order valence-corrected chi connectivity index (χ2v) is 4.87. The molecule has 0 N–H and O–H groups in total. The molecule has 0 saturated carbocycles. The van der Waals surface area contributed by atoms with Crippen molar-refractivity contribution in [1.82, 2.24) is 0 Å². The zero-order chi connectivity index (χ0) is 12.8. The minimum atomic E-state index is -0.479. The topological polar surface area (TPSA) is 36.9 Å². The van der Waals surface area contributed by atoms with Crippen LogP contribution in [0.3, 0.4) is 0 Å². The Morgan fingerprint density at radius 2 is 2.24 bits per heavy atom. The van der Waals surface area contributed by atoms with Gasteiger partial charge in [0, 0.05) is 7.11 Å². The molecule has 0 radical (unpaired) electrons. The summed E-state index contributed by atoms with van der Waals surface area (Å²) in [5.74, 6) is 2.41. The second kappa shape index (κ2) is 7.19. The highest BCUT2D eigenvalue weighted by atomic mass is 32.2. The van der Waals surface area contributed by atoms with E-state index < -0.39 is 6.29 Å². The van der Waals surface area contributed by atoms with Crippen molar-refractivity contribution in [3.8, 4) is 12.3 Å². The molecule has 0 amide bonds. The third-order valence-electron chi connectivity index (χ3n) is 2.39. The monoisotopic (exact) mass is 276 g/mol. The van der Waals surface area contributed by atoms with Crippen molar-refractivity contribution in [2.45, 2.75) is 31.5 Å². The summed E-state index contributed by atoms with van der Waals surface area (Å²) in [4.78, 5) is 0. The van der Waals surface area contributed by atoms with E-state index in [0.717, 1.165) is 0 Å². The maximum absolute atomic E-state index is 5.61. The second-order valence-electron chi connectivity index (χ2n) is 3.46. The number of rotatable bonds is 4. The molecule has 1 aliphatic heterocycles. The van der Waals surface area contributed by atoms with Crippen molar-refractivity contribution in [2.24, 2.45) is 0 Å². The van der Waals surface area contributed by atoms with Crippen LogP contribution in [0.4, 0.5) is 0 Å². The van der Waals surface area contributed by atoms with E-state index in [-0.39, 0.29) is 24.9 Å². The Bertz CT molecular complexity index is 302. The van der Waals surface area contributed by atoms with E-state index in [9.17, 15) is 0 Å². The van der Waals surface area contributed by atoms with E-state index in [4.69, 9.17) is 37.6 Å². The van der Waals surface area contributed by atoms with Crippen molar-refractivity contribution in [1.29, 1.82) is 0 Å². The lowest BCUT2D eigenvalue weighted by Gasteiger charge is -2.22. The number of terminal acetylenes is 1. The van der Waals surface area contributed by atoms with Crippen molar-refractivity contribution >= 4 is 28.4 Å². The Balaban J connectivity index is 2.68. The van der Waals surface area contributed by atoms with Gasteiger partial charge in [0.05, 0.1) is 6.10 Å². The third kappa shape index (κ3) is 3.83. The molecule has 0 aliphatic carbocycles. The summed E-state index contributed by atoms with van der Waals surface area (Å²) in [6, 6.07) is 0. The Morgan fingerprint density at radius 3 is 2.76 bits per heavy atom. The normalized spacial score (nSPS) is 32.1. The number of methoxy groups -OCH3 is 1. The van der Waals surface area contributed by atoms with Gasteiger partial charge in [-0.1, -0.05) is 17.7 Å². The lowest BCUT2D eigenvalue weighted by molar-refractivity contribution is -0.156. The Hall–Kier alpha value is -0.320. The van der Waals surface area contributed by atoms with Gasteiger partial charge >= 0.3 is 0 Å². The number of ether oxygens (including phenoxy) is 4. The molecule has 1 saturated heterocycles. The highest BCUT2D eigenvalue weighted by Crippen LogP contribution is 2.28. The van der Waals surface area contributed by atoms with Crippen LogP contribution in [0.5, 0.6) is 0 Å². The van der Waals surface area contributed by atoms with E-state index in [1.165, 1.54) is 11.8 Å². The van der Waals surface area contributed by atoms with Crippen molar-refractivity contribution in [2.75, 3.05) is 20.0 Å². The minimum Gasteiger partial charge on any atom is -0.470 e. The number of hydrogen-bond donors (Lipinski definition) is 0. The molecule has 0 aromatic rings. The van der Waals surface area contributed by atoms with Gasteiger partial charge in [0.15, 0.2) is 12.4 Å². The van der Waals surface area contributed by atoms with Crippen molar-refractivity contribution in [3.05, 3.63) is 0 Å².